The van der Waals surface area contributed by atoms with E-state index >= 15 is 0 Å². The van der Waals surface area contributed by atoms with Crippen LogP contribution >= 0.6 is 0 Å². The highest BCUT2D eigenvalue weighted by Crippen LogP contribution is 2.38. The zero-order valence-corrected chi connectivity index (χ0v) is 18.0. The van der Waals surface area contributed by atoms with Crippen LogP contribution in [0.4, 0.5) is 0 Å². The number of carbonyl (C=O) groups is 1. The highest BCUT2D eigenvalue weighted by Gasteiger charge is 2.42. The zero-order chi connectivity index (χ0) is 21.6. The lowest BCUT2D eigenvalue weighted by Gasteiger charge is -2.35. The number of benzene rings is 2. The summed E-state index contributed by atoms with van der Waals surface area (Å²) < 4.78 is 16.7. The fourth-order valence-electron chi connectivity index (χ4n) is 4.78. The maximum absolute atomic E-state index is 11.8. The predicted molar refractivity (Wildman–Crippen MR) is 117 cm³/mol. The van der Waals surface area contributed by atoms with Crippen molar-refractivity contribution in [3.8, 4) is 11.5 Å². The third kappa shape index (κ3) is 5.57. The minimum atomic E-state index is -0.496. The Bertz CT molecular complexity index is 858. The number of likely N-dealkylation sites (tertiary alicyclic amines) is 1. The maximum atomic E-state index is 11.8. The summed E-state index contributed by atoms with van der Waals surface area (Å²) in [4.78, 5) is 14.2. The summed E-state index contributed by atoms with van der Waals surface area (Å²) in [6.45, 7) is 3.77. The van der Waals surface area contributed by atoms with Gasteiger partial charge in [0.1, 0.15) is 17.6 Å². The smallest absolute Gasteiger partial charge is 0.337 e. The van der Waals surface area contributed by atoms with E-state index in [9.17, 15) is 9.90 Å². The van der Waals surface area contributed by atoms with Crippen LogP contribution < -0.4 is 9.47 Å². The molecule has 2 fully saturated rings. The normalized spacial score (nSPS) is 25.6. The minimum absolute atomic E-state index is 0.254. The van der Waals surface area contributed by atoms with Gasteiger partial charge in [-0.15, -0.1) is 0 Å². The molecule has 2 aromatic carbocycles. The maximum Gasteiger partial charge on any atom is 0.337 e. The van der Waals surface area contributed by atoms with Crippen LogP contribution in [0.5, 0.6) is 11.5 Å². The van der Waals surface area contributed by atoms with Crippen LogP contribution in [0.3, 0.4) is 0 Å². The first kappa shape index (κ1) is 21.7. The van der Waals surface area contributed by atoms with Gasteiger partial charge in [0.25, 0.3) is 0 Å². The Hall–Kier alpha value is -2.57. The predicted octanol–water partition coefficient (Wildman–Crippen LogP) is 3.39. The van der Waals surface area contributed by atoms with Gasteiger partial charge < -0.3 is 24.2 Å². The first-order valence-electron chi connectivity index (χ1n) is 11.1. The van der Waals surface area contributed by atoms with E-state index < -0.39 is 12.1 Å². The van der Waals surface area contributed by atoms with Crippen molar-refractivity contribution >= 4 is 5.97 Å². The van der Waals surface area contributed by atoms with Crippen molar-refractivity contribution in [2.24, 2.45) is 11.8 Å². The monoisotopic (exact) mass is 425 g/mol. The number of esters is 1. The van der Waals surface area contributed by atoms with Gasteiger partial charge in [-0.05, 0) is 61.4 Å². The Labute approximate surface area is 183 Å². The standard InChI is InChI=1S/C25H31NO5/c1-29-25(28)18-7-5-10-22(13-18)31-24-15-20-17-26(16-19(20)14-23(24)27)11-6-12-30-21-8-3-2-4-9-21/h2-5,7-10,13,19-20,23-24,27H,6,11-12,14-17H2,1H3/t19-,20+,23+,24+/m0/s1. The first-order valence-corrected chi connectivity index (χ1v) is 11.1. The number of hydrogen-bond donors (Lipinski definition) is 1. The summed E-state index contributed by atoms with van der Waals surface area (Å²) in [5.74, 6) is 2.14. The minimum Gasteiger partial charge on any atom is -0.494 e. The topological polar surface area (TPSA) is 68.2 Å². The van der Waals surface area contributed by atoms with E-state index in [-0.39, 0.29) is 6.10 Å². The van der Waals surface area contributed by atoms with Gasteiger partial charge in [-0.3, -0.25) is 0 Å². The largest absolute Gasteiger partial charge is 0.494 e. The van der Waals surface area contributed by atoms with Gasteiger partial charge in [-0.2, -0.15) is 0 Å². The van der Waals surface area contributed by atoms with Crippen molar-refractivity contribution in [3.05, 3.63) is 60.2 Å². The molecule has 0 aromatic heterocycles. The molecule has 0 unspecified atom stereocenters. The lowest BCUT2D eigenvalue weighted by molar-refractivity contribution is -0.0231. The molecular weight excluding hydrogens is 394 g/mol. The fraction of sp³-hybridized carbons (Fsp3) is 0.480. The van der Waals surface area contributed by atoms with E-state index in [2.05, 4.69) is 4.90 Å². The molecule has 1 saturated heterocycles. The van der Waals surface area contributed by atoms with Gasteiger partial charge in [0, 0.05) is 19.6 Å². The molecule has 4 atom stereocenters. The number of para-hydroxylation sites is 1. The molecule has 4 rings (SSSR count). The molecule has 1 saturated carbocycles. The molecule has 6 nitrogen and oxygen atoms in total. The van der Waals surface area contributed by atoms with Crippen molar-refractivity contribution < 1.29 is 24.1 Å². The summed E-state index contributed by atoms with van der Waals surface area (Å²) in [5.41, 5.74) is 0.452. The highest BCUT2D eigenvalue weighted by molar-refractivity contribution is 5.89. The summed E-state index contributed by atoms with van der Waals surface area (Å²) >= 11 is 0. The summed E-state index contributed by atoms with van der Waals surface area (Å²) in [5, 5.41) is 10.7. The van der Waals surface area contributed by atoms with Crippen molar-refractivity contribution in [1.29, 1.82) is 0 Å². The number of hydrogen-bond acceptors (Lipinski definition) is 6. The van der Waals surface area contributed by atoms with E-state index in [0.717, 1.165) is 44.6 Å². The second kappa shape index (κ2) is 10.2. The molecule has 1 aliphatic carbocycles. The lowest BCUT2D eigenvalue weighted by Crippen LogP contribution is -2.42. The molecule has 31 heavy (non-hydrogen) atoms. The van der Waals surface area contributed by atoms with Crippen LogP contribution in [0.15, 0.2) is 54.6 Å². The average Bonchev–Trinajstić information content (AvgIpc) is 3.18. The number of rotatable bonds is 8. The Morgan fingerprint density at radius 1 is 1.03 bits per heavy atom. The molecule has 0 radical (unpaired) electrons. The van der Waals surface area contributed by atoms with E-state index in [1.165, 1.54) is 7.11 Å². The molecule has 0 amide bonds. The van der Waals surface area contributed by atoms with Gasteiger partial charge in [0.2, 0.25) is 0 Å². The molecule has 166 valence electrons. The molecule has 2 aromatic rings. The molecule has 6 heteroatoms. The molecule has 0 bridgehead atoms. The number of carbonyl (C=O) groups excluding carboxylic acids is 1. The number of aliphatic hydroxyl groups is 1. The molecule has 1 heterocycles. The number of aliphatic hydroxyl groups excluding tert-OH is 1. The molecule has 0 spiro atoms. The van der Waals surface area contributed by atoms with Gasteiger partial charge in [-0.25, -0.2) is 4.79 Å². The van der Waals surface area contributed by atoms with Gasteiger partial charge in [0.05, 0.1) is 25.4 Å². The van der Waals surface area contributed by atoms with Gasteiger partial charge in [0.15, 0.2) is 0 Å². The zero-order valence-electron chi connectivity index (χ0n) is 18.0. The summed E-state index contributed by atoms with van der Waals surface area (Å²) in [6.07, 6.45) is 1.81. The van der Waals surface area contributed by atoms with Crippen molar-refractivity contribution in [2.45, 2.75) is 31.5 Å². The van der Waals surface area contributed by atoms with E-state index in [4.69, 9.17) is 14.2 Å². The Kier molecular flexibility index (Phi) is 7.10. The van der Waals surface area contributed by atoms with Crippen LogP contribution in [0.1, 0.15) is 29.6 Å². The highest BCUT2D eigenvalue weighted by atomic mass is 16.5. The summed E-state index contributed by atoms with van der Waals surface area (Å²) in [6, 6.07) is 16.9. The molecule has 2 aliphatic rings. The van der Waals surface area contributed by atoms with Crippen LogP contribution in [0.2, 0.25) is 0 Å². The van der Waals surface area contributed by atoms with Gasteiger partial charge >= 0.3 is 5.97 Å². The third-order valence-corrected chi connectivity index (χ3v) is 6.33. The van der Waals surface area contributed by atoms with Crippen LogP contribution in [0.25, 0.3) is 0 Å². The Morgan fingerprint density at radius 3 is 2.55 bits per heavy atom. The van der Waals surface area contributed by atoms with E-state index in [0.29, 0.717) is 29.8 Å². The summed E-state index contributed by atoms with van der Waals surface area (Å²) in [7, 11) is 1.36. The Balaban J connectivity index is 1.25. The Morgan fingerprint density at radius 2 is 1.77 bits per heavy atom. The number of ether oxygens (including phenoxy) is 3. The molecular formula is C25H31NO5. The quantitative estimate of drug-likeness (QED) is 0.517. The van der Waals surface area contributed by atoms with Crippen LogP contribution in [-0.2, 0) is 4.74 Å². The fourth-order valence-corrected chi connectivity index (χ4v) is 4.78. The van der Waals surface area contributed by atoms with Crippen molar-refractivity contribution in [2.75, 3.05) is 33.4 Å². The van der Waals surface area contributed by atoms with Crippen LogP contribution in [0, 0.1) is 11.8 Å². The number of nitrogens with zero attached hydrogens (tertiary/aromatic N) is 1. The number of methoxy groups -OCH3 is 1. The van der Waals surface area contributed by atoms with Crippen LogP contribution in [-0.4, -0.2) is 61.5 Å². The van der Waals surface area contributed by atoms with Gasteiger partial charge in [-0.1, -0.05) is 24.3 Å². The van der Waals surface area contributed by atoms with Crippen molar-refractivity contribution in [1.82, 2.24) is 4.90 Å². The molecule has 1 aliphatic heterocycles. The first-order chi connectivity index (χ1) is 15.1. The number of fused-ring (bicyclic) bond motifs is 1. The SMILES string of the molecule is COC(=O)c1cccc(O[C@@H]2C[C@@H]3CN(CCCOc4ccccc4)C[C@@H]3C[C@H]2O)c1. The lowest BCUT2D eigenvalue weighted by atomic mass is 9.78. The third-order valence-electron chi connectivity index (χ3n) is 6.33. The van der Waals surface area contributed by atoms with E-state index in [1.54, 1.807) is 18.2 Å². The van der Waals surface area contributed by atoms with E-state index in [1.807, 2.05) is 36.4 Å². The second-order valence-electron chi connectivity index (χ2n) is 8.51. The average molecular weight is 426 g/mol. The van der Waals surface area contributed by atoms with Crippen molar-refractivity contribution in [3.63, 3.8) is 0 Å². The second-order valence-corrected chi connectivity index (χ2v) is 8.51. The molecule has 1 N–H and O–H groups in total.